The Morgan fingerprint density at radius 3 is 2.78 bits per heavy atom. The number of benzene rings is 2. The van der Waals surface area contributed by atoms with Gasteiger partial charge in [-0.15, -0.1) is 0 Å². The highest BCUT2D eigenvalue weighted by Crippen LogP contribution is 2.24. The Kier molecular flexibility index (Phi) is 7.84. The lowest BCUT2D eigenvalue weighted by Gasteiger charge is -2.31. The molecule has 0 aliphatic carbocycles. The fourth-order valence-electron chi connectivity index (χ4n) is 4.49. The average Bonchev–Trinajstić information content (AvgIpc) is 3.36. The maximum Gasteiger partial charge on any atom is 0.244 e. The largest absolute Gasteiger partial charge is 0.376 e. The van der Waals surface area contributed by atoms with Gasteiger partial charge in [0.25, 0.3) is 0 Å². The van der Waals surface area contributed by atoms with Crippen molar-refractivity contribution in [3.05, 3.63) is 108 Å². The first kappa shape index (κ1) is 24.6. The van der Waals surface area contributed by atoms with Crippen molar-refractivity contribution in [2.24, 2.45) is 0 Å². The quantitative estimate of drug-likeness (QED) is 0.367. The molecule has 7 heteroatoms. The van der Waals surface area contributed by atoms with Crippen molar-refractivity contribution in [2.45, 2.75) is 26.1 Å². The van der Waals surface area contributed by atoms with Gasteiger partial charge in [-0.2, -0.15) is 5.10 Å². The Hall–Kier alpha value is -4.07. The summed E-state index contributed by atoms with van der Waals surface area (Å²) >= 11 is 0. The zero-order valence-corrected chi connectivity index (χ0v) is 21.0. The molecule has 0 saturated carbocycles. The van der Waals surface area contributed by atoms with Gasteiger partial charge in [-0.25, -0.2) is 4.68 Å². The van der Waals surface area contributed by atoms with E-state index in [-0.39, 0.29) is 12.0 Å². The van der Waals surface area contributed by atoms with E-state index in [4.69, 9.17) is 9.84 Å². The van der Waals surface area contributed by atoms with Crippen molar-refractivity contribution in [1.82, 2.24) is 25.0 Å². The van der Waals surface area contributed by atoms with E-state index < -0.39 is 0 Å². The lowest BCUT2D eigenvalue weighted by molar-refractivity contribution is -0.116. The summed E-state index contributed by atoms with van der Waals surface area (Å²) in [4.78, 5) is 19.3. The number of nitrogens with one attached hydrogen (secondary N) is 1. The minimum atomic E-state index is -0.156. The zero-order chi connectivity index (χ0) is 25.5. The van der Waals surface area contributed by atoms with Gasteiger partial charge in [0.15, 0.2) is 0 Å². The first-order chi connectivity index (χ1) is 18.1. The summed E-state index contributed by atoms with van der Waals surface area (Å²) in [5.74, 6) is -0.156. The monoisotopic (exact) mass is 493 g/mol. The van der Waals surface area contributed by atoms with Crippen LogP contribution < -0.4 is 5.32 Å². The molecule has 2 aromatic heterocycles. The number of hydrogen-bond acceptors (Lipinski definition) is 5. The number of rotatable bonds is 8. The van der Waals surface area contributed by atoms with Gasteiger partial charge in [-0.05, 0) is 48.4 Å². The van der Waals surface area contributed by atoms with Crippen LogP contribution >= 0.6 is 0 Å². The van der Waals surface area contributed by atoms with Gasteiger partial charge in [0.2, 0.25) is 5.91 Å². The van der Waals surface area contributed by atoms with Gasteiger partial charge in [0.1, 0.15) is 5.69 Å². The molecule has 188 valence electrons. The number of aromatic nitrogens is 3. The van der Waals surface area contributed by atoms with Gasteiger partial charge in [-0.3, -0.25) is 14.7 Å². The third-order valence-electron chi connectivity index (χ3n) is 6.30. The van der Waals surface area contributed by atoms with Crippen LogP contribution in [0.1, 0.15) is 23.6 Å². The SMILES string of the molecule is CC1CN(Cc2cccc(CNC(=O)/C=C/c3cn(-c4ccccc4)nc3-c3cccnc3)c2)CCO1. The van der Waals surface area contributed by atoms with Gasteiger partial charge < -0.3 is 10.1 Å². The third kappa shape index (κ3) is 6.58. The predicted octanol–water partition coefficient (Wildman–Crippen LogP) is 4.48. The van der Waals surface area contributed by atoms with E-state index in [0.717, 1.165) is 54.3 Å². The Labute approximate surface area is 217 Å². The van der Waals surface area contributed by atoms with E-state index >= 15 is 0 Å². The molecule has 1 amide bonds. The molecule has 1 aliphatic heterocycles. The van der Waals surface area contributed by atoms with Gasteiger partial charge >= 0.3 is 0 Å². The number of morpholine rings is 1. The van der Waals surface area contributed by atoms with E-state index in [1.807, 2.05) is 59.4 Å². The van der Waals surface area contributed by atoms with E-state index in [2.05, 4.69) is 40.3 Å². The minimum absolute atomic E-state index is 0.156. The molecule has 7 nitrogen and oxygen atoms in total. The lowest BCUT2D eigenvalue weighted by Crippen LogP contribution is -2.40. The van der Waals surface area contributed by atoms with Gasteiger partial charge in [0.05, 0.1) is 18.4 Å². The molecule has 1 saturated heterocycles. The number of carbonyl (C=O) groups is 1. The highest BCUT2D eigenvalue weighted by atomic mass is 16.5. The van der Waals surface area contributed by atoms with E-state index in [1.165, 1.54) is 5.56 Å². The number of para-hydroxylation sites is 1. The Morgan fingerprint density at radius 1 is 1.11 bits per heavy atom. The van der Waals surface area contributed by atoms with E-state index in [9.17, 15) is 4.79 Å². The van der Waals surface area contributed by atoms with Crippen molar-refractivity contribution >= 4 is 12.0 Å². The van der Waals surface area contributed by atoms with Crippen LogP contribution in [0, 0.1) is 0 Å². The van der Waals surface area contributed by atoms with Crippen LogP contribution in [0.15, 0.2) is 91.4 Å². The van der Waals surface area contributed by atoms with Crippen LogP contribution in [0.4, 0.5) is 0 Å². The Balaban J connectivity index is 1.25. The molecule has 0 radical (unpaired) electrons. The fourth-order valence-corrected chi connectivity index (χ4v) is 4.49. The van der Waals surface area contributed by atoms with Crippen molar-refractivity contribution in [1.29, 1.82) is 0 Å². The Morgan fingerprint density at radius 2 is 1.97 bits per heavy atom. The second-order valence-corrected chi connectivity index (χ2v) is 9.24. The first-order valence-electron chi connectivity index (χ1n) is 12.6. The molecule has 1 aliphatic rings. The average molecular weight is 494 g/mol. The van der Waals surface area contributed by atoms with Crippen molar-refractivity contribution < 1.29 is 9.53 Å². The molecule has 1 unspecified atom stereocenters. The number of hydrogen-bond donors (Lipinski definition) is 1. The molecule has 4 aromatic rings. The number of pyridine rings is 1. The molecule has 1 fully saturated rings. The molecule has 0 spiro atoms. The summed E-state index contributed by atoms with van der Waals surface area (Å²) in [6.07, 6.45) is 9.07. The zero-order valence-electron chi connectivity index (χ0n) is 21.0. The summed E-state index contributed by atoms with van der Waals surface area (Å²) in [7, 11) is 0. The molecular formula is C30H31N5O2. The number of nitrogens with zero attached hydrogens (tertiary/aromatic N) is 4. The molecule has 3 heterocycles. The predicted molar refractivity (Wildman–Crippen MR) is 145 cm³/mol. The molecule has 37 heavy (non-hydrogen) atoms. The second kappa shape index (κ2) is 11.8. The highest BCUT2D eigenvalue weighted by molar-refractivity contribution is 5.92. The van der Waals surface area contributed by atoms with Crippen LogP contribution in [0.2, 0.25) is 0 Å². The topological polar surface area (TPSA) is 72.3 Å². The summed E-state index contributed by atoms with van der Waals surface area (Å²) in [6.45, 7) is 6.12. The van der Waals surface area contributed by atoms with Crippen LogP contribution in [0.3, 0.4) is 0 Å². The lowest BCUT2D eigenvalue weighted by atomic mass is 10.1. The fraction of sp³-hybridized carbons (Fsp3) is 0.233. The Bertz CT molecular complexity index is 1350. The second-order valence-electron chi connectivity index (χ2n) is 9.24. The van der Waals surface area contributed by atoms with Crippen molar-refractivity contribution in [2.75, 3.05) is 19.7 Å². The van der Waals surface area contributed by atoms with Crippen LogP contribution in [-0.2, 0) is 22.6 Å². The molecular weight excluding hydrogens is 462 g/mol. The minimum Gasteiger partial charge on any atom is -0.376 e. The van der Waals surface area contributed by atoms with E-state index in [0.29, 0.717) is 6.54 Å². The summed E-state index contributed by atoms with van der Waals surface area (Å²) in [5.41, 5.74) is 5.77. The highest BCUT2D eigenvalue weighted by Gasteiger charge is 2.16. The third-order valence-corrected chi connectivity index (χ3v) is 6.30. The number of carbonyl (C=O) groups excluding carboxylic acids is 1. The van der Waals surface area contributed by atoms with Gasteiger partial charge in [-0.1, -0.05) is 42.5 Å². The molecule has 1 atom stereocenters. The normalized spacial score (nSPS) is 16.2. The smallest absolute Gasteiger partial charge is 0.244 e. The first-order valence-corrected chi connectivity index (χ1v) is 12.6. The molecule has 5 rings (SSSR count). The van der Waals surface area contributed by atoms with Crippen molar-refractivity contribution in [3.8, 4) is 16.9 Å². The molecule has 2 aromatic carbocycles. The maximum absolute atomic E-state index is 12.7. The van der Waals surface area contributed by atoms with Gasteiger partial charge in [0, 0.05) is 62.0 Å². The van der Waals surface area contributed by atoms with Crippen LogP contribution in [-0.4, -0.2) is 51.4 Å². The number of amides is 1. The summed E-state index contributed by atoms with van der Waals surface area (Å²) in [5, 5.41) is 7.77. The van der Waals surface area contributed by atoms with E-state index in [1.54, 1.807) is 24.5 Å². The summed E-state index contributed by atoms with van der Waals surface area (Å²) in [6, 6.07) is 22.1. The van der Waals surface area contributed by atoms with Crippen LogP contribution in [0.25, 0.3) is 23.0 Å². The molecule has 1 N–H and O–H groups in total. The molecule has 0 bridgehead atoms. The van der Waals surface area contributed by atoms with Crippen LogP contribution in [0.5, 0.6) is 0 Å². The summed E-state index contributed by atoms with van der Waals surface area (Å²) < 4.78 is 7.46. The number of ether oxygens (including phenoxy) is 1. The standard InChI is InChI=1S/C30H31N5O2/c1-23-20-34(15-16-37-23)21-25-8-5-7-24(17-25)18-32-29(36)13-12-27-22-35(28-10-3-2-4-11-28)33-30(27)26-9-6-14-31-19-26/h2-14,17,19,22-23H,15-16,18,20-21H2,1H3,(H,32,36)/b13-12+. The maximum atomic E-state index is 12.7. The van der Waals surface area contributed by atoms with Crippen molar-refractivity contribution in [3.63, 3.8) is 0 Å².